The molecule has 2 aromatic carbocycles. The van der Waals surface area contributed by atoms with Crippen molar-refractivity contribution in [2.24, 2.45) is 0 Å². The Bertz CT molecular complexity index is 901. The fraction of sp³-hybridized carbons (Fsp3) is 0.182. The van der Waals surface area contributed by atoms with E-state index < -0.39 is 0 Å². The molecule has 0 fully saturated rings. The summed E-state index contributed by atoms with van der Waals surface area (Å²) in [7, 11) is 1.61. The summed E-state index contributed by atoms with van der Waals surface area (Å²) in [5, 5.41) is 2.70. The molecule has 1 unspecified atom stereocenters. The maximum atomic E-state index is 12.6. The van der Waals surface area contributed by atoms with E-state index in [4.69, 9.17) is 9.47 Å². The molecule has 0 saturated heterocycles. The van der Waals surface area contributed by atoms with E-state index in [1.54, 1.807) is 61.5 Å². The molecule has 1 amide bonds. The van der Waals surface area contributed by atoms with Crippen LogP contribution in [-0.2, 0) is 10.5 Å². The first kappa shape index (κ1) is 19.8. The number of carbonyl (C=O) groups excluding carboxylic acids is 1. The molecule has 3 aromatic rings. The maximum Gasteiger partial charge on any atom is 0.243 e. The molecule has 0 radical (unpaired) electrons. The zero-order chi connectivity index (χ0) is 19.8. The lowest BCUT2D eigenvalue weighted by atomic mass is 10.2. The first-order valence-corrected chi connectivity index (χ1v) is 9.94. The third-order valence-corrected chi connectivity index (χ3v) is 5.23. The van der Waals surface area contributed by atoms with Crippen molar-refractivity contribution in [3.63, 3.8) is 0 Å². The monoisotopic (exact) mass is 394 g/mol. The maximum absolute atomic E-state index is 12.6. The van der Waals surface area contributed by atoms with E-state index in [0.717, 1.165) is 11.5 Å². The molecule has 1 heterocycles. The normalized spacial score (nSPS) is 11.5. The Morgan fingerprint density at radius 3 is 2.46 bits per heavy atom. The van der Waals surface area contributed by atoms with E-state index in [-0.39, 0.29) is 11.2 Å². The van der Waals surface area contributed by atoms with Crippen LogP contribution >= 0.6 is 11.8 Å². The molecule has 0 aliphatic carbocycles. The molecule has 0 spiro atoms. The number of rotatable bonds is 8. The number of thioether (sulfide) groups is 1. The van der Waals surface area contributed by atoms with Gasteiger partial charge in [-0.05, 0) is 48.9 Å². The summed E-state index contributed by atoms with van der Waals surface area (Å²) in [5.74, 6) is 2.39. The van der Waals surface area contributed by atoms with E-state index in [0.29, 0.717) is 17.3 Å². The number of methoxy groups -OCH3 is 1. The van der Waals surface area contributed by atoms with Crippen molar-refractivity contribution >= 4 is 23.4 Å². The van der Waals surface area contributed by atoms with E-state index in [1.165, 1.54) is 5.56 Å². The average Bonchev–Trinajstić information content (AvgIpc) is 2.74. The molecule has 0 aliphatic rings. The molecular formula is C22H22N2O3S. The third kappa shape index (κ3) is 5.50. The van der Waals surface area contributed by atoms with Gasteiger partial charge in [-0.3, -0.25) is 4.79 Å². The lowest BCUT2D eigenvalue weighted by Crippen LogP contribution is -2.23. The smallest absolute Gasteiger partial charge is 0.243 e. The van der Waals surface area contributed by atoms with Crippen LogP contribution in [0, 0.1) is 0 Å². The van der Waals surface area contributed by atoms with Gasteiger partial charge < -0.3 is 14.8 Å². The molecule has 3 rings (SSSR count). The van der Waals surface area contributed by atoms with Gasteiger partial charge in [-0.25, -0.2) is 4.98 Å². The highest BCUT2D eigenvalue weighted by molar-refractivity contribution is 7.99. The second-order valence-electron chi connectivity index (χ2n) is 6.06. The van der Waals surface area contributed by atoms with Crippen molar-refractivity contribution in [2.45, 2.75) is 17.9 Å². The highest BCUT2D eigenvalue weighted by Gasteiger charge is 2.16. The Morgan fingerprint density at radius 1 is 1.04 bits per heavy atom. The Hall–Kier alpha value is -2.99. The number of benzene rings is 2. The predicted molar refractivity (Wildman–Crippen MR) is 113 cm³/mol. The fourth-order valence-corrected chi connectivity index (χ4v) is 3.27. The zero-order valence-electron chi connectivity index (χ0n) is 15.8. The fourth-order valence-electron chi connectivity index (χ4n) is 2.43. The van der Waals surface area contributed by atoms with E-state index in [1.807, 2.05) is 25.1 Å². The summed E-state index contributed by atoms with van der Waals surface area (Å²) in [4.78, 5) is 16.8. The number of pyridine rings is 1. The number of hydrogen-bond acceptors (Lipinski definition) is 5. The molecule has 0 aliphatic heterocycles. The molecule has 0 bridgehead atoms. The van der Waals surface area contributed by atoms with Crippen LogP contribution in [0.2, 0.25) is 0 Å². The number of hydrogen-bond donors (Lipinski definition) is 1. The SMILES string of the molecule is COc1ccc(Oc2ncccc2NC(=O)C(C)SCc2ccccc2)cc1. The van der Waals surface area contributed by atoms with Gasteiger partial charge in [-0.1, -0.05) is 30.3 Å². The van der Waals surface area contributed by atoms with Crippen LogP contribution in [0.15, 0.2) is 72.9 Å². The Balaban J connectivity index is 1.62. The van der Waals surface area contributed by atoms with Crippen molar-refractivity contribution in [2.75, 3.05) is 12.4 Å². The Labute approximate surface area is 169 Å². The summed E-state index contributed by atoms with van der Waals surface area (Å²) in [5.41, 5.74) is 1.73. The molecular weight excluding hydrogens is 372 g/mol. The van der Waals surface area contributed by atoms with Crippen molar-refractivity contribution in [1.29, 1.82) is 0 Å². The molecule has 1 N–H and O–H groups in total. The quantitative estimate of drug-likeness (QED) is 0.573. The van der Waals surface area contributed by atoms with Crippen molar-refractivity contribution < 1.29 is 14.3 Å². The molecule has 6 heteroatoms. The summed E-state index contributed by atoms with van der Waals surface area (Å²) >= 11 is 1.58. The largest absolute Gasteiger partial charge is 0.497 e. The zero-order valence-corrected chi connectivity index (χ0v) is 16.6. The number of carbonyl (C=O) groups is 1. The summed E-state index contributed by atoms with van der Waals surface area (Å²) in [6, 6.07) is 20.8. The molecule has 144 valence electrons. The first-order valence-electron chi connectivity index (χ1n) is 8.89. The molecule has 28 heavy (non-hydrogen) atoms. The van der Waals surface area contributed by atoms with Gasteiger partial charge in [0.2, 0.25) is 11.8 Å². The second kappa shape index (κ2) is 9.80. The van der Waals surface area contributed by atoms with Crippen LogP contribution in [0.5, 0.6) is 17.4 Å². The molecule has 1 atom stereocenters. The highest BCUT2D eigenvalue weighted by atomic mass is 32.2. The molecule has 0 saturated carbocycles. The Kier molecular flexibility index (Phi) is 6.92. The van der Waals surface area contributed by atoms with Gasteiger partial charge in [-0.2, -0.15) is 0 Å². The number of nitrogens with one attached hydrogen (secondary N) is 1. The third-order valence-electron chi connectivity index (χ3n) is 4.02. The predicted octanol–water partition coefficient (Wildman–Crippen LogP) is 5.14. The average molecular weight is 394 g/mol. The second-order valence-corrected chi connectivity index (χ2v) is 7.39. The lowest BCUT2D eigenvalue weighted by molar-refractivity contribution is -0.115. The standard InChI is InChI=1S/C22H22N2O3S/c1-16(28-15-17-7-4-3-5-8-17)21(25)24-20-9-6-14-23-22(20)27-19-12-10-18(26-2)11-13-19/h3-14,16H,15H2,1-2H3,(H,24,25). The number of aromatic nitrogens is 1. The summed E-state index contributed by atoms with van der Waals surface area (Å²) in [6.45, 7) is 1.89. The van der Waals surface area contributed by atoms with Gasteiger partial charge in [0.25, 0.3) is 0 Å². The topological polar surface area (TPSA) is 60.5 Å². The van der Waals surface area contributed by atoms with Crippen LogP contribution in [0.25, 0.3) is 0 Å². The highest BCUT2D eigenvalue weighted by Crippen LogP contribution is 2.29. The van der Waals surface area contributed by atoms with Gasteiger partial charge in [0.05, 0.1) is 12.4 Å². The number of amides is 1. The van der Waals surface area contributed by atoms with Gasteiger partial charge in [0, 0.05) is 11.9 Å². The minimum Gasteiger partial charge on any atom is -0.497 e. The molecule has 1 aromatic heterocycles. The van der Waals surface area contributed by atoms with Gasteiger partial charge >= 0.3 is 0 Å². The van der Waals surface area contributed by atoms with Crippen LogP contribution in [0.4, 0.5) is 5.69 Å². The van der Waals surface area contributed by atoms with Crippen molar-refractivity contribution in [3.05, 3.63) is 78.5 Å². The summed E-state index contributed by atoms with van der Waals surface area (Å²) in [6.07, 6.45) is 1.63. The van der Waals surface area contributed by atoms with E-state index in [2.05, 4.69) is 22.4 Å². The summed E-state index contributed by atoms with van der Waals surface area (Å²) < 4.78 is 11.0. The van der Waals surface area contributed by atoms with Crippen molar-refractivity contribution in [1.82, 2.24) is 4.98 Å². The van der Waals surface area contributed by atoms with Crippen LogP contribution in [-0.4, -0.2) is 23.3 Å². The van der Waals surface area contributed by atoms with Gasteiger partial charge in [-0.15, -0.1) is 11.8 Å². The Morgan fingerprint density at radius 2 is 1.75 bits per heavy atom. The van der Waals surface area contributed by atoms with Crippen LogP contribution in [0.1, 0.15) is 12.5 Å². The van der Waals surface area contributed by atoms with Crippen LogP contribution < -0.4 is 14.8 Å². The lowest BCUT2D eigenvalue weighted by Gasteiger charge is -2.14. The van der Waals surface area contributed by atoms with E-state index in [9.17, 15) is 4.79 Å². The number of ether oxygens (including phenoxy) is 2. The minimum absolute atomic E-state index is 0.0893. The minimum atomic E-state index is -0.214. The molecule has 5 nitrogen and oxygen atoms in total. The number of nitrogens with zero attached hydrogens (tertiary/aromatic N) is 1. The first-order chi connectivity index (χ1) is 13.7. The van der Waals surface area contributed by atoms with Crippen molar-refractivity contribution in [3.8, 4) is 17.4 Å². The van der Waals surface area contributed by atoms with Crippen LogP contribution in [0.3, 0.4) is 0 Å². The van der Waals surface area contributed by atoms with E-state index >= 15 is 0 Å². The van der Waals surface area contributed by atoms with Gasteiger partial charge in [0.1, 0.15) is 17.2 Å². The number of anilines is 1. The van der Waals surface area contributed by atoms with Gasteiger partial charge in [0.15, 0.2) is 0 Å².